The van der Waals surface area contributed by atoms with Crippen molar-refractivity contribution < 1.29 is 37.0 Å². The lowest BCUT2D eigenvalue weighted by atomic mass is 10.0. The summed E-state index contributed by atoms with van der Waals surface area (Å²) in [5.41, 5.74) is 4.02. The van der Waals surface area contributed by atoms with Crippen LogP contribution in [0.25, 0.3) is 0 Å². The molecule has 4 bridgehead atoms. The van der Waals surface area contributed by atoms with Crippen molar-refractivity contribution in [1.82, 2.24) is 20.6 Å². The number of benzene rings is 2. The number of anilines is 2. The smallest absolute Gasteiger partial charge is 0.422 e. The molecule has 0 radical (unpaired) electrons. The predicted molar refractivity (Wildman–Crippen MR) is 182 cm³/mol. The van der Waals surface area contributed by atoms with Crippen molar-refractivity contribution in [2.24, 2.45) is 0 Å². The molecule has 15 heteroatoms. The van der Waals surface area contributed by atoms with Gasteiger partial charge in [0.2, 0.25) is 0 Å². The fourth-order valence-corrected chi connectivity index (χ4v) is 6.67. The molecule has 11 nitrogen and oxygen atoms in total. The number of hydrogen-bond donors (Lipinski definition) is 4. The maximum Gasteiger partial charge on any atom is 0.422 e. The molecule has 2 amide bonds. The van der Waals surface area contributed by atoms with Gasteiger partial charge in [-0.05, 0) is 72.5 Å². The lowest BCUT2D eigenvalue weighted by Crippen LogP contribution is -2.34. The van der Waals surface area contributed by atoms with E-state index >= 15 is 0 Å². The van der Waals surface area contributed by atoms with Crippen LogP contribution < -0.4 is 26.0 Å². The number of halogens is 4. The summed E-state index contributed by atoms with van der Waals surface area (Å²) in [4.78, 5) is 32.3. The van der Waals surface area contributed by atoms with Gasteiger partial charge in [0.1, 0.15) is 16.6 Å². The third-order valence-electron chi connectivity index (χ3n) is 9.01. The number of alkyl halides is 3. The van der Waals surface area contributed by atoms with E-state index in [1.54, 1.807) is 24.3 Å². The van der Waals surface area contributed by atoms with E-state index in [2.05, 4.69) is 36.0 Å². The molecule has 6 heterocycles. The van der Waals surface area contributed by atoms with E-state index < -0.39 is 18.7 Å². The first-order chi connectivity index (χ1) is 24.6. The minimum Gasteiger partial charge on any atom is -0.483 e. The normalized spacial score (nSPS) is 24.5. The molecular formula is C36H34ClF3N6O5. The van der Waals surface area contributed by atoms with Gasteiger partial charge in [-0.25, -0.2) is 9.97 Å². The van der Waals surface area contributed by atoms with Gasteiger partial charge in [-0.2, -0.15) is 13.2 Å². The first kappa shape index (κ1) is 34.8. The minimum atomic E-state index is -4.43. The van der Waals surface area contributed by atoms with Crippen LogP contribution in [0.15, 0.2) is 85.2 Å². The number of pyridine rings is 2. The summed E-state index contributed by atoms with van der Waals surface area (Å²) in [6, 6.07) is 21.6. The van der Waals surface area contributed by atoms with Gasteiger partial charge in [0.05, 0.1) is 42.5 Å². The van der Waals surface area contributed by atoms with Gasteiger partial charge in [-0.15, -0.1) is 0 Å². The number of amides is 2. The van der Waals surface area contributed by atoms with Crippen LogP contribution >= 0.6 is 11.6 Å². The van der Waals surface area contributed by atoms with Crippen molar-refractivity contribution in [2.45, 2.75) is 55.5 Å². The van der Waals surface area contributed by atoms with E-state index in [1.807, 2.05) is 36.4 Å². The quantitative estimate of drug-likeness (QED) is 0.165. The summed E-state index contributed by atoms with van der Waals surface area (Å²) in [7, 11) is 0. The van der Waals surface area contributed by atoms with Crippen LogP contribution in [0, 0.1) is 0 Å². The van der Waals surface area contributed by atoms with Crippen LogP contribution in [0.4, 0.5) is 24.5 Å². The highest BCUT2D eigenvalue weighted by molar-refractivity contribution is 6.29. The summed E-state index contributed by atoms with van der Waals surface area (Å²) in [6.07, 6.45) is 0.969. The van der Waals surface area contributed by atoms with Gasteiger partial charge in [-0.3, -0.25) is 9.59 Å². The Kier molecular flexibility index (Phi) is 10.2. The predicted octanol–water partition coefficient (Wildman–Crippen LogP) is 5.87. The third kappa shape index (κ3) is 8.65. The van der Waals surface area contributed by atoms with E-state index in [-0.39, 0.29) is 35.7 Å². The molecule has 4 aliphatic rings. The lowest BCUT2D eigenvalue weighted by molar-refractivity contribution is -0.153. The van der Waals surface area contributed by atoms with E-state index in [0.29, 0.717) is 40.3 Å². The second kappa shape index (κ2) is 14.9. The summed E-state index contributed by atoms with van der Waals surface area (Å²) in [5.74, 6) is -0.696. The first-order valence-corrected chi connectivity index (χ1v) is 16.8. The van der Waals surface area contributed by atoms with E-state index in [4.69, 9.17) is 21.1 Å². The van der Waals surface area contributed by atoms with Crippen molar-refractivity contribution in [1.29, 1.82) is 0 Å². The highest BCUT2D eigenvalue weighted by Gasteiger charge is 2.42. The molecule has 2 aromatic carbocycles. The van der Waals surface area contributed by atoms with Gasteiger partial charge < -0.3 is 35.5 Å². The standard InChI is InChI=1S/C19H18F3N3O3.C17H16ClN3O2/c20-19(21,22)10-27-13-5-6-15(23-8-13)18(26)25-12-3-1-11(2-4-12)17-16-7-14(28-17)9-24-16;18-15-6-5-12(8-20-15)21-17(22)11-3-1-10(2-4-11)16-14-7-13(23-16)9-19-14/h1-6,8,14,16-17,24H,7,9-10H2,(H,25,26);1-6,8,13-14,16,19H,7,9H2,(H,21,22)/t14-,16-,17+;13-,14-,16+/m00/s1. The Bertz CT molecular complexity index is 1830. The Hall–Kier alpha value is -4.60. The van der Waals surface area contributed by atoms with E-state index in [1.165, 1.54) is 18.3 Å². The molecule has 51 heavy (non-hydrogen) atoms. The molecule has 4 saturated heterocycles. The second-order valence-corrected chi connectivity index (χ2v) is 13.1. The Labute approximate surface area is 296 Å². The summed E-state index contributed by atoms with van der Waals surface area (Å²) in [6.45, 7) is 0.424. The molecule has 8 rings (SSSR count). The van der Waals surface area contributed by atoms with Crippen molar-refractivity contribution in [3.63, 3.8) is 0 Å². The molecule has 266 valence electrons. The van der Waals surface area contributed by atoms with E-state index in [9.17, 15) is 22.8 Å². The van der Waals surface area contributed by atoms with Crippen LogP contribution in [0.1, 0.15) is 57.0 Å². The monoisotopic (exact) mass is 722 g/mol. The molecule has 0 aliphatic carbocycles. The number of nitrogens with one attached hydrogen (secondary N) is 4. The molecule has 4 aliphatic heterocycles. The van der Waals surface area contributed by atoms with Crippen molar-refractivity contribution in [3.8, 4) is 5.75 Å². The highest BCUT2D eigenvalue weighted by atomic mass is 35.5. The Balaban J connectivity index is 0.000000162. The molecule has 4 aromatic rings. The third-order valence-corrected chi connectivity index (χ3v) is 9.24. The number of hydrogen-bond acceptors (Lipinski definition) is 9. The van der Waals surface area contributed by atoms with Gasteiger partial charge in [0, 0.05) is 36.4 Å². The number of fused-ring (bicyclic) bond motifs is 4. The lowest BCUT2D eigenvalue weighted by Gasteiger charge is -2.23. The maximum atomic E-state index is 12.3. The van der Waals surface area contributed by atoms with Crippen LogP contribution in [-0.2, 0) is 9.47 Å². The zero-order chi connectivity index (χ0) is 35.5. The zero-order valence-electron chi connectivity index (χ0n) is 27.0. The number of morpholine rings is 2. The van der Waals surface area contributed by atoms with Crippen molar-refractivity contribution in [3.05, 3.63) is 113 Å². The van der Waals surface area contributed by atoms with Crippen LogP contribution in [0.5, 0.6) is 5.75 Å². The van der Waals surface area contributed by atoms with Crippen molar-refractivity contribution >= 4 is 34.8 Å². The average molecular weight is 723 g/mol. The average Bonchev–Trinajstić information content (AvgIpc) is 3.96. The zero-order valence-corrected chi connectivity index (χ0v) is 27.8. The number of aromatic nitrogens is 2. The highest BCUT2D eigenvalue weighted by Crippen LogP contribution is 2.38. The molecular weight excluding hydrogens is 689 g/mol. The Morgan fingerprint density at radius 1 is 0.765 bits per heavy atom. The van der Waals surface area contributed by atoms with Crippen LogP contribution in [-0.4, -0.2) is 71.9 Å². The largest absolute Gasteiger partial charge is 0.483 e. The number of rotatable bonds is 8. The SMILES string of the molecule is O=C(Nc1ccc(Cl)nc1)c1ccc([C@H]2O[C@@H]3CN[C@H]2C3)cc1.O=C(Nc1ccc([C@H]2O[C@@H]3CN[C@H]2C3)cc1)c1ccc(OCC(F)(F)F)cn1. The fourth-order valence-electron chi connectivity index (χ4n) is 6.55. The molecule has 0 saturated carbocycles. The summed E-state index contributed by atoms with van der Waals surface area (Å²) in [5, 5.41) is 12.8. The Morgan fingerprint density at radius 2 is 1.35 bits per heavy atom. The number of nitrogens with zero attached hydrogens (tertiary/aromatic N) is 2. The summed E-state index contributed by atoms with van der Waals surface area (Å²) >= 11 is 5.73. The molecule has 0 unspecified atom stereocenters. The maximum absolute atomic E-state index is 12.3. The van der Waals surface area contributed by atoms with E-state index in [0.717, 1.165) is 43.3 Å². The van der Waals surface area contributed by atoms with Crippen LogP contribution in [0.3, 0.4) is 0 Å². The topological polar surface area (TPSA) is 136 Å². The molecule has 4 fully saturated rings. The summed E-state index contributed by atoms with van der Waals surface area (Å²) < 4.78 is 52.9. The van der Waals surface area contributed by atoms with Gasteiger partial charge in [-0.1, -0.05) is 35.9 Å². The van der Waals surface area contributed by atoms with Gasteiger partial charge in [0.15, 0.2) is 6.61 Å². The van der Waals surface area contributed by atoms with Crippen LogP contribution in [0.2, 0.25) is 5.15 Å². The van der Waals surface area contributed by atoms with Gasteiger partial charge in [0.25, 0.3) is 11.8 Å². The Morgan fingerprint density at radius 3 is 1.84 bits per heavy atom. The first-order valence-electron chi connectivity index (χ1n) is 16.4. The molecule has 4 N–H and O–H groups in total. The minimum absolute atomic E-state index is 0.0226. The second-order valence-electron chi connectivity index (χ2n) is 12.7. The fraction of sp³-hybridized carbons (Fsp3) is 0.333. The molecule has 0 spiro atoms. The van der Waals surface area contributed by atoms with Gasteiger partial charge >= 0.3 is 6.18 Å². The number of carbonyl (C=O) groups excluding carboxylic acids is 2. The van der Waals surface area contributed by atoms with Crippen molar-refractivity contribution in [2.75, 3.05) is 30.3 Å². The number of carbonyl (C=O) groups is 2. The number of ether oxygens (including phenoxy) is 3. The molecule has 2 aromatic heterocycles. The molecule has 6 atom stereocenters.